The molecule has 0 heterocycles. The van der Waals surface area contributed by atoms with E-state index in [9.17, 15) is 9.59 Å². The van der Waals surface area contributed by atoms with E-state index in [0.29, 0.717) is 18.9 Å². The van der Waals surface area contributed by atoms with Gasteiger partial charge in [-0.15, -0.1) is 0 Å². The minimum absolute atomic E-state index is 0.0236. The monoisotopic (exact) mass is 322 g/mol. The van der Waals surface area contributed by atoms with Crippen molar-refractivity contribution in [1.29, 1.82) is 0 Å². The number of nitrogens with zero attached hydrogens (tertiary/aromatic N) is 1. The fraction of sp³-hybridized carbons (Fsp3) is 0.824. The highest BCUT2D eigenvalue weighted by atomic mass is 16.2. The highest BCUT2D eigenvalue weighted by Gasteiger charge is 2.59. The Morgan fingerprint density at radius 2 is 2.00 bits per heavy atom. The molecule has 2 saturated carbocycles. The molecule has 2 bridgehead atoms. The van der Waals surface area contributed by atoms with Crippen molar-refractivity contribution >= 4 is 17.6 Å². The molecule has 130 valence electrons. The van der Waals surface area contributed by atoms with Crippen LogP contribution in [0.2, 0.25) is 0 Å². The van der Waals surface area contributed by atoms with Gasteiger partial charge in [0.1, 0.15) is 0 Å². The number of hydrogen-bond acceptors (Lipinski definition) is 3. The molecule has 0 aromatic carbocycles. The van der Waals surface area contributed by atoms with Gasteiger partial charge in [-0.2, -0.15) is 5.10 Å². The van der Waals surface area contributed by atoms with Crippen LogP contribution in [0.4, 0.5) is 4.79 Å². The van der Waals surface area contributed by atoms with Crippen molar-refractivity contribution in [3.05, 3.63) is 0 Å². The van der Waals surface area contributed by atoms with Gasteiger partial charge in [-0.05, 0) is 43.4 Å². The van der Waals surface area contributed by atoms with Crippen LogP contribution in [0.25, 0.3) is 0 Å². The van der Waals surface area contributed by atoms with E-state index in [0.717, 1.165) is 31.4 Å². The predicted octanol–water partition coefficient (Wildman–Crippen LogP) is 2.53. The van der Waals surface area contributed by atoms with Crippen molar-refractivity contribution < 1.29 is 9.59 Å². The molecule has 0 unspecified atom stereocenters. The number of unbranched alkanes of at least 4 members (excludes halogenated alkanes) is 2. The topological polar surface area (TPSA) is 96.6 Å². The first-order valence-corrected chi connectivity index (χ1v) is 8.66. The molecule has 4 N–H and O–H groups in total. The third kappa shape index (κ3) is 3.67. The Morgan fingerprint density at radius 1 is 1.26 bits per heavy atom. The normalized spacial score (nSPS) is 29.7. The third-order valence-electron chi connectivity index (χ3n) is 6.21. The Labute approximate surface area is 138 Å². The summed E-state index contributed by atoms with van der Waals surface area (Å²) >= 11 is 0. The van der Waals surface area contributed by atoms with Gasteiger partial charge in [0.2, 0.25) is 5.91 Å². The van der Waals surface area contributed by atoms with E-state index in [1.165, 1.54) is 12.8 Å². The Kier molecular flexibility index (Phi) is 5.32. The van der Waals surface area contributed by atoms with Gasteiger partial charge >= 0.3 is 6.03 Å². The number of fused-ring (bicyclic) bond motifs is 2. The first kappa shape index (κ1) is 17.8. The van der Waals surface area contributed by atoms with E-state index in [-0.39, 0.29) is 16.7 Å². The van der Waals surface area contributed by atoms with Crippen LogP contribution in [0.3, 0.4) is 0 Å². The number of hydrogen-bond donors (Lipinski definition) is 3. The highest BCUT2D eigenvalue weighted by Crippen LogP contribution is 2.63. The first-order valence-electron chi connectivity index (χ1n) is 8.66. The zero-order chi connectivity index (χ0) is 17.1. The standard InChI is InChI=1S/C17H30N4O2/c1-16(2)12-8-9-17(16,3)13(11-12)20-21-14(22)7-5-4-6-10-19-15(18)23/h12H,4-11H2,1-3H3,(H,21,22)(H3,18,19,23)/b20-13+/t12-,17+/m0/s1. The number of rotatable bonds is 7. The maximum absolute atomic E-state index is 11.9. The Morgan fingerprint density at radius 3 is 2.57 bits per heavy atom. The lowest BCUT2D eigenvalue weighted by Crippen LogP contribution is -2.34. The fourth-order valence-corrected chi connectivity index (χ4v) is 4.08. The lowest BCUT2D eigenvalue weighted by atomic mass is 9.70. The molecule has 2 fully saturated rings. The summed E-state index contributed by atoms with van der Waals surface area (Å²) in [5, 5.41) is 6.99. The maximum atomic E-state index is 11.9. The van der Waals surface area contributed by atoms with Crippen LogP contribution in [-0.4, -0.2) is 24.2 Å². The Hall–Kier alpha value is -1.59. The van der Waals surface area contributed by atoms with Crippen molar-refractivity contribution in [2.45, 2.75) is 65.7 Å². The van der Waals surface area contributed by atoms with Crippen LogP contribution in [0.15, 0.2) is 5.10 Å². The van der Waals surface area contributed by atoms with Crippen molar-refractivity contribution in [3.63, 3.8) is 0 Å². The number of nitrogens with two attached hydrogens (primary N) is 1. The van der Waals surface area contributed by atoms with Gasteiger partial charge in [-0.1, -0.05) is 27.2 Å². The summed E-state index contributed by atoms with van der Waals surface area (Å²) in [5.41, 5.74) is 9.30. The highest BCUT2D eigenvalue weighted by molar-refractivity contribution is 5.95. The lowest BCUT2D eigenvalue weighted by molar-refractivity contribution is -0.121. The molecular weight excluding hydrogens is 292 g/mol. The molecule has 0 spiro atoms. The van der Waals surface area contributed by atoms with Crippen LogP contribution < -0.4 is 16.5 Å². The van der Waals surface area contributed by atoms with Gasteiger partial charge in [-0.3, -0.25) is 4.79 Å². The number of hydrazone groups is 1. The minimum atomic E-state index is -0.499. The van der Waals surface area contributed by atoms with E-state index >= 15 is 0 Å². The molecule has 0 aliphatic heterocycles. The molecule has 2 atom stereocenters. The summed E-state index contributed by atoms with van der Waals surface area (Å²) in [6, 6.07) is -0.499. The number of nitrogens with one attached hydrogen (secondary N) is 2. The van der Waals surface area contributed by atoms with Gasteiger partial charge in [0.25, 0.3) is 0 Å². The third-order valence-corrected chi connectivity index (χ3v) is 6.21. The van der Waals surface area contributed by atoms with Crippen LogP contribution in [0.1, 0.15) is 65.7 Å². The molecule has 0 aromatic heterocycles. The predicted molar refractivity (Wildman–Crippen MR) is 90.9 cm³/mol. The zero-order valence-corrected chi connectivity index (χ0v) is 14.6. The molecule has 6 heteroatoms. The molecule has 0 radical (unpaired) electrons. The van der Waals surface area contributed by atoms with Gasteiger partial charge < -0.3 is 11.1 Å². The summed E-state index contributed by atoms with van der Waals surface area (Å²) in [6.07, 6.45) is 6.44. The van der Waals surface area contributed by atoms with Crippen LogP contribution >= 0.6 is 0 Å². The maximum Gasteiger partial charge on any atom is 0.312 e. The summed E-state index contributed by atoms with van der Waals surface area (Å²) in [5.74, 6) is 0.672. The van der Waals surface area contributed by atoms with E-state index < -0.39 is 6.03 Å². The number of urea groups is 1. The summed E-state index contributed by atoms with van der Waals surface area (Å²) in [6.45, 7) is 7.51. The molecule has 2 aliphatic rings. The van der Waals surface area contributed by atoms with E-state index in [1.54, 1.807) is 0 Å². The lowest BCUT2D eigenvalue weighted by Gasteiger charge is -2.34. The fourth-order valence-electron chi connectivity index (χ4n) is 4.08. The second-order valence-corrected chi connectivity index (χ2v) is 7.69. The number of primary amides is 1. The molecule has 2 aliphatic carbocycles. The van der Waals surface area contributed by atoms with Gasteiger partial charge in [0.15, 0.2) is 0 Å². The molecule has 0 saturated heterocycles. The van der Waals surface area contributed by atoms with Gasteiger partial charge in [0, 0.05) is 24.1 Å². The summed E-state index contributed by atoms with van der Waals surface area (Å²) < 4.78 is 0. The van der Waals surface area contributed by atoms with Crippen molar-refractivity contribution in [1.82, 2.24) is 10.7 Å². The average Bonchev–Trinajstić information content (AvgIpc) is 2.81. The van der Waals surface area contributed by atoms with Gasteiger partial charge in [-0.25, -0.2) is 10.2 Å². The minimum Gasteiger partial charge on any atom is -0.352 e. The molecule has 6 nitrogen and oxygen atoms in total. The zero-order valence-electron chi connectivity index (χ0n) is 14.6. The Balaban J connectivity index is 1.70. The van der Waals surface area contributed by atoms with Crippen molar-refractivity contribution in [2.24, 2.45) is 27.6 Å². The molecule has 2 rings (SSSR count). The van der Waals surface area contributed by atoms with Crippen molar-refractivity contribution in [3.8, 4) is 0 Å². The summed E-state index contributed by atoms with van der Waals surface area (Å²) in [7, 11) is 0. The molecular formula is C17H30N4O2. The van der Waals surface area contributed by atoms with E-state index in [2.05, 4.69) is 36.6 Å². The van der Waals surface area contributed by atoms with Crippen LogP contribution in [0, 0.1) is 16.7 Å². The first-order chi connectivity index (χ1) is 10.8. The van der Waals surface area contributed by atoms with E-state index in [4.69, 9.17) is 5.73 Å². The molecule has 0 aromatic rings. The number of amides is 3. The molecule has 3 amide bonds. The SMILES string of the molecule is CC1(C)[C@H]2CC[C@]1(C)/C(=N/NC(=O)CCCCCNC(N)=O)C2. The van der Waals surface area contributed by atoms with Crippen molar-refractivity contribution in [2.75, 3.05) is 6.54 Å². The van der Waals surface area contributed by atoms with Crippen LogP contribution in [0.5, 0.6) is 0 Å². The number of carbonyl (C=O) groups excluding carboxylic acids is 2. The van der Waals surface area contributed by atoms with Crippen LogP contribution in [-0.2, 0) is 4.79 Å². The van der Waals surface area contributed by atoms with Gasteiger partial charge in [0.05, 0.1) is 0 Å². The second kappa shape index (κ2) is 6.89. The summed E-state index contributed by atoms with van der Waals surface area (Å²) in [4.78, 5) is 22.4. The van der Waals surface area contributed by atoms with E-state index in [1.807, 2.05) is 0 Å². The second-order valence-electron chi connectivity index (χ2n) is 7.69. The number of carbonyl (C=O) groups is 2. The average molecular weight is 322 g/mol. The largest absolute Gasteiger partial charge is 0.352 e. The Bertz CT molecular complexity index is 501. The quantitative estimate of drug-likeness (QED) is 0.496. The smallest absolute Gasteiger partial charge is 0.312 e. The molecule has 23 heavy (non-hydrogen) atoms.